The fourth-order valence-electron chi connectivity index (χ4n) is 1.69. The smallest absolute Gasteiger partial charge is 0.329 e. The van der Waals surface area contributed by atoms with Crippen LogP contribution in [-0.4, -0.2) is 20.9 Å². The number of hydrogen-bond donors (Lipinski definition) is 0. The lowest BCUT2D eigenvalue weighted by Crippen LogP contribution is -2.04. The normalized spacial score (nSPS) is 11.6. The van der Waals surface area contributed by atoms with E-state index in [1.54, 1.807) is 5.38 Å². The Morgan fingerprint density at radius 3 is 2.45 bits per heavy atom. The third-order valence-corrected chi connectivity index (χ3v) is 3.47. The van der Waals surface area contributed by atoms with Crippen LogP contribution in [0, 0.1) is 0 Å². The number of thiazole rings is 1. The molecule has 0 bridgehead atoms. The van der Waals surface area contributed by atoms with E-state index < -0.39 is 12.1 Å². The average molecular weight is 325 g/mol. The molecule has 1 aromatic carbocycles. The molecule has 0 fully saturated rings. The first kappa shape index (κ1) is 14.4. The minimum Gasteiger partial charge on any atom is -0.329 e. The predicted molar refractivity (Wildman–Crippen MR) is 70.3 cm³/mol. The van der Waals surface area contributed by atoms with E-state index in [-0.39, 0.29) is 11.6 Å². The van der Waals surface area contributed by atoms with Crippen molar-refractivity contribution in [1.29, 1.82) is 0 Å². The second-order valence-corrected chi connectivity index (χ2v) is 5.06. The van der Waals surface area contributed by atoms with E-state index in [0.717, 1.165) is 0 Å². The van der Waals surface area contributed by atoms with Gasteiger partial charge in [-0.2, -0.15) is 18.2 Å². The molecule has 112 valence electrons. The first-order valence-corrected chi connectivity index (χ1v) is 6.78. The van der Waals surface area contributed by atoms with Crippen molar-refractivity contribution in [3.63, 3.8) is 0 Å². The number of aromatic nitrogens is 3. The molecule has 0 aliphatic carbocycles. The molecule has 2 aromatic heterocycles. The molecule has 5 nitrogen and oxygen atoms in total. The topological polar surface area (TPSA) is 68.9 Å². The molecule has 0 aliphatic rings. The third kappa shape index (κ3) is 2.75. The number of carbonyl (C=O) groups excluding carboxylic acids is 1. The molecule has 3 aromatic rings. The van der Waals surface area contributed by atoms with Crippen LogP contribution in [0.5, 0.6) is 0 Å². The van der Waals surface area contributed by atoms with Crippen LogP contribution in [0.2, 0.25) is 0 Å². The Morgan fingerprint density at radius 1 is 1.18 bits per heavy atom. The Balaban J connectivity index is 1.85. The zero-order valence-electron chi connectivity index (χ0n) is 10.7. The second-order valence-electron chi connectivity index (χ2n) is 4.16. The van der Waals surface area contributed by atoms with E-state index in [4.69, 9.17) is 0 Å². The van der Waals surface area contributed by atoms with Crippen LogP contribution in [0.3, 0.4) is 0 Å². The molecule has 0 saturated carbocycles. The number of benzene rings is 1. The van der Waals surface area contributed by atoms with Crippen molar-refractivity contribution in [1.82, 2.24) is 15.1 Å². The third-order valence-electron chi connectivity index (χ3n) is 2.70. The van der Waals surface area contributed by atoms with E-state index in [1.165, 1.54) is 41.8 Å². The summed E-state index contributed by atoms with van der Waals surface area (Å²) >= 11 is 1.21. The Kier molecular flexibility index (Phi) is 3.49. The quantitative estimate of drug-likeness (QED) is 0.690. The lowest BCUT2D eigenvalue weighted by atomic mass is 10.1. The highest BCUT2D eigenvalue weighted by Gasteiger charge is 2.38. The number of nitrogens with zero attached hydrogens (tertiary/aromatic N) is 3. The fourth-order valence-corrected chi connectivity index (χ4v) is 2.28. The Labute approximate surface area is 125 Å². The standard InChI is InChI=1S/C13H6F3N3O2S/c14-13(15,16)12-18-10(19-21-12)8-3-1-7(2-4-8)9(20)11-17-5-6-22-11/h1-6H. The van der Waals surface area contributed by atoms with Crippen molar-refractivity contribution in [3.05, 3.63) is 52.3 Å². The lowest BCUT2D eigenvalue weighted by molar-refractivity contribution is -0.159. The number of ketones is 1. The summed E-state index contributed by atoms with van der Waals surface area (Å²) in [6, 6.07) is 5.85. The molecular weight excluding hydrogens is 319 g/mol. The summed E-state index contributed by atoms with van der Waals surface area (Å²) in [6.45, 7) is 0. The van der Waals surface area contributed by atoms with Crippen molar-refractivity contribution < 1.29 is 22.5 Å². The number of rotatable bonds is 3. The molecule has 0 atom stereocenters. The van der Waals surface area contributed by atoms with E-state index in [2.05, 4.69) is 19.6 Å². The highest BCUT2D eigenvalue weighted by atomic mass is 32.1. The zero-order valence-corrected chi connectivity index (χ0v) is 11.5. The van der Waals surface area contributed by atoms with Crippen molar-refractivity contribution in [3.8, 4) is 11.4 Å². The van der Waals surface area contributed by atoms with Crippen LogP contribution in [0.15, 0.2) is 40.4 Å². The Morgan fingerprint density at radius 2 is 1.91 bits per heavy atom. The summed E-state index contributed by atoms with van der Waals surface area (Å²) in [7, 11) is 0. The van der Waals surface area contributed by atoms with Gasteiger partial charge in [0.2, 0.25) is 11.6 Å². The SMILES string of the molecule is O=C(c1ccc(-c2noc(C(F)(F)F)n2)cc1)c1nccs1. The lowest BCUT2D eigenvalue weighted by Gasteiger charge is -1.99. The van der Waals surface area contributed by atoms with E-state index in [0.29, 0.717) is 16.1 Å². The molecule has 0 N–H and O–H groups in total. The van der Waals surface area contributed by atoms with Gasteiger partial charge in [-0.25, -0.2) is 4.98 Å². The molecule has 0 amide bonds. The minimum atomic E-state index is -4.69. The minimum absolute atomic E-state index is 0.194. The van der Waals surface area contributed by atoms with Crippen LogP contribution in [0.1, 0.15) is 21.3 Å². The zero-order chi connectivity index (χ0) is 15.7. The molecule has 0 saturated heterocycles. The summed E-state index contributed by atoms with van der Waals surface area (Å²) in [5.74, 6) is -1.86. The van der Waals surface area contributed by atoms with E-state index >= 15 is 0 Å². The first-order valence-electron chi connectivity index (χ1n) is 5.90. The predicted octanol–water partition coefficient (Wildman–Crippen LogP) is 3.44. The number of alkyl halides is 3. The van der Waals surface area contributed by atoms with Gasteiger partial charge in [0.25, 0.3) is 0 Å². The van der Waals surface area contributed by atoms with Gasteiger partial charge in [0.15, 0.2) is 5.01 Å². The maximum Gasteiger partial charge on any atom is 0.471 e. The fraction of sp³-hybridized carbons (Fsp3) is 0.0769. The summed E-state index contributed by atoms with van der Waals surface area (Å²) in [4.78, 5) is 19.2. The molecule has 2 heterocycles. The van der Waals surface area contributed by atoms with Crippen molar-refractivity contribution in [2.45, 2.75) is 6.18 Å². The molecule has 0 unspecified atom stereocenters. The summed E-state index contributed by atoms with van der Waals surface area (Å²) < 4.78 is 41.4. The summed E-state index contributed by atoms with van der Waals surface area (Å²) in [6.07, 6.45) is -3.17. The molecular formula is C13H6F3N3O2S. The van der Waals surface area contributed by atoms with Gasteiger partial charge in [-0.3, -0.25) is 4.79 Å². The second kappa shape index (κ2) is 5.34. The van der Waals surface area contributed by atoms with Crippen LogP contribution in [-0.2, 0) is 6.18 Å². The van der Waals surface area contributed by atoms with Gasteiger partial charge in [-0.15, -0.1) is 11.3 Å². The largest absolute Gasteiger partial charge is 0.471 e. The summed E-state index contributed by atoms with van der Waals surface area (Å²) in [5.41, 5.74) is 0.688. The molecule has 22 heavy (non-hydrogen) atoms. The monoisotopic (exact) mass is 325 g/mol. The molecule has 9 heteroatoms. The van der Waals surface area contributed by atoms with Gasteiger partial charge in [0, 0.05) is 22.7 Å². The molecule has 0 radical (unpaired) electrons. The number of halogens is 3. The van der Waals surface area contributed by atoms with E-state index in [9.17, 15) is 18.0 Å². The molecule has 3 rings (SSSR count). The number of hydrogen-bond acceptors (Lipinski definition) is 6. The average Bonchev–Trinajstić information content (AvgIpc) is 3.17. The van der Waals surface area contributed by atoms with E-state index in [1.807, 2.05) is 0 Å². The Hall–Kier alpha value is -2.55. The number of carbonyl (C=O) groups is 1. The van der Waals surface area contributed by atoms with Gasteiger partial charge < -0.3 is 4.52 Å². The highest BCUT2D eigenvalue weighted by molar-refractivity contribution is 7.11. The van der Waals surface area contributed by atoms with Gasteiger partial charge >= 0.3 is 12.1 Å². The maximum atomic E-state index is 12.4. The highest BCUT2D eigenvalue weighted by Crippen LogP contribution is 2.29. The van der Waals surface area contributed by atoms with Gasteiger partial charge in [-0.1, -0.05) is 29.4 Å². The Bertz CT molecular complexity index is 795. The van der Waals surface area contributed by atoms with Crippen LogP contribution >= 0.6 is 11.3 Å². The van der Waals surface area contributed by atoms with Crippen molar-refractivity contribution >= 4 is 17.1 Å². The van der Waals surface area contributed by atoms with Gasteiger partial charge in [-0.05, 0) is 0 Å². The van der Waals surface area contributed by atoms with Crippen LogP contribution in [0.4, 0.5) is 13.2 Å². The van der Waals surface area contributed by atoms with Gasteiger partial charge in [0.05, 0.1) is 0 Å². The maximum absolute atomic E-state index is 12.4. The molecule has 0 spiro atoms. The molecule has 0 aliphatic heterocycles. The van der Waals surface area contributed by atoms with Crippen LogP contribution in [0.25, 0.3) is 11.4 Å². The first-order chi connectivity index (χ1) is 10.4. The van der Waals surface area contributed by atoms with Crippen molar-refractivity contribution in [2.75, 3.05) is 0 Å². The summed E-state index contributed by atoms with van der Waals surface area (Å²) in [5, 5.41) is 5.30. The van der Waals surface area contributed by atoms with Crippen molar-refractivity contribution in [2.24, 2.45) is 0 Å². The van der Waals surface area contributed by atoms with Crippen LogP contribution < -0.4 is 0 Å². The van der Waals surface area contributed by atoms with Gasteiger partial charge in [0.1, 0.15) is 0 Å².